The topological polar surface area (TPSA) is 29.5 Å². The Bertz CT molecular complexity index is 272. The van der Waals surface area contributed by atoms with E-state index in [-0.39, 0.29) is 12.4 Å². The third-order valence-corrected chi connectivity index (χ3v) is 3.60. The molecule has 2 saturated heterocycles. The van der Waals surface area contributed by atoms with Gasteiger partial charge in [0.25, 0.3) is 0 Å². The van der Waals surface area contributed by atoms with E-state index in [0.29, 0.717) is 13.0 Å². The Hall–Kier alpha value is -0.710. The number of rotatable bonds is 2. The fourth-order valence-corrected chi connectivity index (χ4v) is 2.89. The molecule has 3 nitrogen and oxygen atoms in total. The number of fused-ring (bicyclic) bond motifs is 1. The van der Waals surface area contributed by atoms with Gasteiger partial charge in [0.05, 0.1) is 7.11 Å². The molecule has 0 aromatic rings. The van der Waals surface area contributed by atoms with Crippen molar-refractivity contribution in [2.75, 3.05) is 20.2 Å². The molecule has 2 atom stereocenters. The van der Waals surface area contributed by atoms with Crippen molar-refractivity contribution in [2.24, 2.45) is 5.92 Å². The first-order valence-corrected chi connectivity index (χ1v) is 5.22. The molecule has 0 spiro atoms. The molecule has 0 saturated carbocycles. The molecule has 0 radical (unpaired) electrons. The highest BCUT2D eigenvalue weighted by molar-refractivity contribution is 5.81. The van der Waals surface area contributed by atoms with Crippen molar-refractivity contribution in [1.82, 2.24) is 4.90 Å². The summed E-state index contributed by atoms with van der Waals surface area (Å²) in [6.45, 7) is 1.06. The van der Waals surface area contributed by atoms with Crippen molar-refractivity contribution in [3.63, 3.8) is 0 Å². The summed E-state index contributed by atoms with van der Waals surface area (Å²) >= 11 is 0. The van der Waals surface area contributed by atoms with E-state index in [1.54, 1.807) is 0 Å². The van der Waals surface area contributed by atoms with Crippen LogP contribution in [0.25, 0.3) is 0 Å². The predicted octanol–water partition coefficient (Wildman–Crippen LogP) is 1.28. The summed E-state index contributed by atoms with van der Waals surface area (Å²) < 4.78 is 30.0. The van der Waals surface area contributed by atoms with Crippen LogP contribution in [0.4, 0.5) is 8.78 Å². The molecule has 0 aromatic carbocycles. The van der Waals surface area contributed by atoms with Crippen LogP contribution in [-0.4, -0.2) is 43.0 Å². The number of carbonyl (C=O) groups excluding carboxylic acids is 1. The van der Waals surface area contributed by atoms with Crippen LogP contribution < -0.4 is 0 Å². The molecule has 0 bridgehead atoms. The highest BCUT2D eigenvalue weighted by Crippen LogP contribution is 2.44. The lowest BCUT2D eigenvalue weighted by atomic mass is 9.90. The van der Waals surface area contributed by atoms with Gasteiger partial charge in [-0.25, -0.2) is 8.78 Å². The Morgan fingerprint density at radius 1 is 1.60 bits per heavy atom. The standard InChI is InChI=1S/C10H15F2NO2/c1-15-9(14)10-3-2-4-13(10)6-7(5-10)8(11)12/h7-8H,2-6H2,1H3/t7-,10?/m0/s1. The molecule has 2 rings (SSSR count). The van der Waals surface area contributed by atoms with Crippen molar-refractivity contribution in [3.05, 3.63) is 0 Å². The van der Waals surface area contributed by atoms with Crippen molar-refractivity contribution in [2.45, 2.75) is 31.2 Å². The maximum atomic E-state index is 12.6. The van der Waals surface area contributed by atoms with E-state index >= 15 is 0 Å². The van der Waals surface area contributed by atoms with Crippen LogP contribution in [0, 0.1) is 5.92 Å². The normalized spacial score (nSPS) is 35.9. The molecule has 0 amide bonds. The van der Waals surface area contributed by atoms with Gasteiger partial charge >= 0.3 is 5.97 Å². The molecule has 2 aliphatic heterocycles. The smallest absolute Gasteiger partial charge is 0.326 e. The predicted molar refractivity (Wildman–Crippen MR) is 49.7 cm³/mol. The summed E-state index contributed by atoms with van der Waals surface area (Å²) in [4.78, 5) is 13.5. The minimum Gasteiger partial charge on any atom is -0.468 e. The number of esters is 1. The van der Waals surface area contributed by atoms with Crippen molar-refractivity contribution in [3.8, 4) is 0 Å². The fourth-order valence-electron chi connectivity index (χ4n) is 2.89. The van der Waals surface area contributed by atoms with Gasteiger partial charge in [0.1, 0.15) is 5.54 Å². The Morgan fingerprint density at radius 2 is 2.33 bits per heavy atom. The second-order valence-corrected chi connectivity index (χ2v) is 4.37. The number of carbonyl (C=O) groups is 1. The Labute approximate surface area is 87.4 Å². The Balaban J connectivity index is 2.18. The lowest BCUT2D eigenvalue weighted by Gasteiger charge is -2.28. The van der Waals surface area contributed by atoms with Crippen molar-refractivity contribution < 1.29 is 18.3 Å². The highest BCUT2D eigenvalue weighted by atomic mass is 19.3. The zero-order valence-corrected chi connectivity index (χ0v) is 8.71. The van der Waals surface area contributed by atoms with E-state index in [1.807, 2.05) is 4.90 Å². The van der Waals surface area contributed by atoms with Crippen LogP contribution in [0.2, 0.25) is 0 Å². The molecule has 5 heteroatoms. The average Bonchev–Trinajstić information content (AvgIpc) is 2.72. The van der Waals surface area contributed by atoms with Gasteiger partial charge in [-0.3, -0.25) is 9.69 Å². The zero-order valence-electron chi connectivity index (χ0n) is 8.71. The summed E-state index contributed by atoms with van der Waals surface area (Å²) in [7, 11) is 1.32. The molecule has 1 unspecified atom stereocenters. The van der Waals surface area contributed by atoms with Gasteiger partial charge in [-0.1, -0.05) is 0 Å². The maximum Gasteiger partial charge on any atom is 0.326 e. The van der Waals surface area contributed by atoms with Crippen LogP contribution in [0.3, 0.4) is 0 Å². The molecular weight excluding hydrogens is 204 g/mol. The first kappa shape index (κ1) is 10.8. The maximum absolute atomic E-state index is 12.6. The van der Waals surface area contributed by atoms with Gasteiger partial charge in [-0.2, -0.15) is 0 Å². The number of ether oxygens (including phenoxy) is 1. The Kier molecular flexibility index (Phi) is 2.66. The summed E-state index contributed by atoms with van der Waals surface area (Å²) in [5, 5.41) is 0. The Morgan fingerprint density at radius 3 is 2.93 bits per heavy atom. The minimum absolute atomic E-state index is 0.247. The van der Waals surface area contributed by atoms with E-state index in [1.165, 1.54) is 7.11 Å². The third-order valence-electron chi connectivity index (χ3n) is 3.60. The minimum atomic E-state index is -2.34. The SMILES string of the molecule is COC(=O)C12CCCN1C[C@@H](C(F)F)C2. The van der Waals surface area contributed by atoms with Gasteiger partial charge in [0.15, 0.2) is 0 Å². The molecule has 2 aliphatic rings. The first-order valence-electron chi connectivity index (χ1n) is 5.22. The molecule has 0 N–H and O–H groups in total. The van der Waals surface area contributed by atoms with E-state index in [2.05, 4.69) is 0 Å². The van der Waals surface area contributed by atoms with Crippen LogP contribution in [-0.2, 0) is 9.53 Å². The monoisotopic (exact) mass is 219 g/mol. The largest absolute Gasteiger partial charge is 0.468 e. The van der Waals surface area contributed by atoms with Crippen LogP contribution in [0.1, 0.15) is 19.3 Å². The number of alkyl halides is 2. The third kappa shape index (κ3) is 1.53. The lowest BCUT2D eigenvalue weighted by molar-refractivity contribution is -0.151. The summed E-state index contributed by atoms with van der Waals surface area (Å²) in [5.74, 6) is -1.02. The molecule has 0 aliphatic carbocycles. The van der Waals surface area contributed by atoms with E-state index < -0.39 is 17.9 Å². The fraction of sp³-hybridized carbons (Fsp3) is 0.900. The van der Waals surface area contributed by atoms with E-state index in [9.17, 15) is 13.6 Å². The molecule has 2 fully saturated rings. The molecule has 15 heavy (non-hydrogen) atoms. The zero-order chi connectivity index (χ0) is 11.1. The number of halogens is 2. The summed E-state index contributed by atoms with van der Waals surface area (Å²) in [6.07, 6.45) is -0.539. The van der Waals surface area contributed by atoms with E-state index in [0.717, 1.165) is 13.0 Å². The molecular formula is C10H15F2NO2. The van der Waals surface area contributed by atoms with Gasteiger partial charge in [0, 0.05) is 12.5 Å². The second-order valence-electron chi connectivity index (χ2n) is 4.37. The summed E-state index contributed by atoms with van der Waals surface area (Å²) in [6, 6.07) is 0. The van der Waals surface area contributed by atoms with Gasteiger partial charge in [-0.15, -0.1) is 0 Å². The number of nitrogens with zero attached hydrogens (tertiary/aromatic N) is 1. The number of methoxy groups -OCH3 is 1. The first-order chi connectivity index (χ1) is 7.10. The van der Waals surface area contributed by atoms with Gasteiger partial charge in [-0.05, 0) is 25.8 Å². The van der Waals surface area contributed by atoms with Gasteiger partial charge in [0.2, 0.25) is 6.43 Å². The summed E-state index contributed by atoms with van der Waals surface area (Å²) in [5.41, 5.74) is -0.740. The molecule has 86 valence electrons. The van der Waals surface area contributed by atoms with Crippen LogP contribution in [0.5, 0.6) is 0 Å². The van der Waals surface area contributed by atoms with Crippen molar-refractivity contribution >= 4 is 5.97 Å². The molecule has 0 aromatic heterocycles. The second kappa shape index (κ2) is 3.70. The van der Waals surface area contributed by atoms with Crippen molar-refractivity contribution in [1.29, 1.82) is 0 Å². The van der Waals surface area contributed by atoms with E-state index in [4.69, 9.17) is 4.74 Å². The number of hydrogen-bond acceptors (Lipinski definition) is 3. The molecule has 2 heterocycles. The van der Waals surface area contributed by atoms with Crippen LogP contribution >= 0.6 is 0 Å². The lowest BCUT2D eigenvalue weighted by Crippen LogP contribution is -2.46. The highest BCUT2D eigenvalue weighted by Gasteiger charge is 2.56. The number of hydrogen-bond donors (Lipinski definition) is 0. The average molecular weight is 219 g/mol. The van der Waals surface area contributed by atoms with Gasteiger partial charge < -0.3 is 4.74 Å². The quantitative estimate of drug-likeness (QED) is 0.655. The van der Waals surface area contributed by atoms with Crippen LogP contribution in [0.15, 0.2) is 0 Å².